The SMILES string of the molecule is O=S(=O)(c1cccc(C(F)(F)F)c1)N1CCOc2ccc(-c3cccc(Cl)n3)cc21. The minimum atomic E-state index is -4.65. The summed E-state index contributed by atoms with van der Waals surface area (Å²) in [7, 11) is -4.26. The van der Waals surface area contributed by atoms with E-state index >= 15 is 0 Å². The summed E-state index contributed by atoms with van der Waals surface area (Å²) >= 11 is 5.94. The van der Waals surface area contributed by atoms with Gasteiger partial charge in [-0.1, -0.05) is 23.7 Å². The standard InChI is InChI=1S/C20H14ClF3N2O3S/c21-19-6-2-5-16(25-19)13-7-8-18-17(11-13)26(9-10-29-18)30(27,28)15-4-1-3-14(12-15)20(22,23)24/h1-8,11-12H,9-10H2. The Balaban J connectivity index is 1.80. The van der Waals surface area contributed by atoms with Crippen LogP contribution < -0.4 is 9.04 Å². The normalized spacial score (nSPS) is 14.2. The highest BCUT2D eigenvalue weighted by molar-refractivity contribution is 7.92. The van der Waals surface area contributed by atoms with Crippen molar-refractivity contribution in [2.75, 3.05) is 17.5 Å². The lowest BCUT2D eigenvalue weighted by atomic mass is 10.1. The molecule has 0 N–H and O–H groups in total. The maximum Gasteiger partial charge on any atom is 0.416 e. The molecule has 1 aliphatic rings. The van der Waals surface area contributed by atoms with Gasteiger partial charge in [-0.05, 0) is 48.5 Å². The zero-order chi connectivity index (χ0) is 21.5. The van der Waals surface area contributed by atoms with Gasteiger partial charge in [-0.3, -0.25) is 4.31 Å². The molecule has 0 atom stereocenters. The van der Waals surface area contributed by atoms with E-state index in [4.69, 9.17) is 16.3 Å². The number of hydrogen-bond acceptors (Lipinski definition) is 4. The van der Waals surface area contributed by atoms with Crippen LogP contribution in [0.25, 0.3) is 11.3 Å². The van der Waals surface area contributed by atoms with Crippen molar-refractivity contribution >= 4 is 27.3 Å². The van der Waals surface area contributed by atoms with Crippen LogP contribution in [-0.2, 0) is 16.2 Å². The number of rotatable bonds is 3. The largest absolute Gasteiger partial charge is 0.489 e. The maximum atomic E-state index is 13.2. The first-order valence-electron chi connectivity index (χ1n) is 8.76. The first-order valence-corrected chi connectivity index (χ1v) is 10.6. The van der Waals surface area contributed by atoms with E-state index in [1.807, 2.05) is 0 Å². The first-order chi connectivity index (χ1) is 14.2. The summed E-state index contributed by atoms with van der Waals surface area (Å²) in [6.07, 6.45) is -4.65. The number of ether oxygens (including phenoxy) is 1. The summed E-state index contributed by atoms with van der Waals surface area (Å²) in [5.74, 6) is 0.308. The van der Waals surface area contributed by atoms with Crippen molar-refractivity contribution in [3.05, 3.63) is 71.4 Å². The molecule has 3 aromatic rings. The summed E-state index contributed by atoms with van der Waals surface area (Å²) in [4.78, 5) is 3.76. The van der Waals surface area contributed by atoms with Gasteiger partial charge in [-0.25, -0.2) is 13.4 Å². The molecule has 0 unspecified atom stereocenters. The van der Waals surface area contributed by atoms with Crippen molar-refractivity contribution in [3.63, 3.8) is 0 Å². The summed E-state index contributed by atoms with van der Waals surface area (Å²) in [6.45, 7) is 0.0258. The Bertz CT molecular complexity index is 1220. The Hall–Kier alpha value is -2.78. The Kier molecular flexibility index (Phi) is 5.11. The highest BCUT2D eigenvalue weighted by Gasteiger charge is 2.34. The van der Waals surface area contributed by atoms with Crippen molar-refractivity contribution in [1.29, 1.82) is 0 Å². The molecule has 0 radical (unpaired) electrons. The third-order valence-corrected chi connectivity index (χ3v) is 6.56. The number of nitrogens with zero attached hydrogens (tertiary/aromatic N) is 2. The number of sulfonamides is 1. The van der Waals surface area contributed by atoms with Crippen molar-refractivity contribution in [2.45, 2.75) is 11.1 Å². The van der Waals surface area contributed by atoms with Crippen LogP contribution >= 0.6 is 11.6 Å². The monoisotopic (exact) mass is 454 g/mol. The van der Waals surface area contributed by atoms with Gasteiger partial charge in [-0.2, -0.15) is 13.2 Å². The van der Waals surface area contributed by atoms with Crippen molar-refractivity contribution < 1.29 is 26.3 Å². The van der Waals surface area contributed by atoms with Crippen LogP contribution in [0.4, 0.5) is 18.9 Å². The average Bonchev–Trinajstić information content (AvgIpc) is 2.72. The zero-order valence-corrected chi connectivity index (χ0v) is 16.8. The molecule has 0 saturated heterocycles. The summed E-state index contributed by atoms with van der Waals surface area (Å²) in [6, 6.07) is 13.6. The summed E-state index contributed by atoms with van der Waals surface area (Å²) in [5, 5.41) is 0.273. The fraction of sp³-hybridized carbons (Fsp3) is 0.150. The Morgan fingerprint density at radius 3 is 2.53 bits per heavy atom. The van der Waals surface area contributed by atoms with Crippen molar-refractivity contribution in [2.24, 2.45) is 0 Å². The van der Waals surface area contributed by atoms with E-state index < -0.39 is 26.7 Å². The van der Waals surface area contributed by atoms with Crippen LogP contribution in [0.15, 0.2) is 65.6 Å². The van der Waals surface area contributed by atoms with E-state index in [0.717, 1.165) is 22.5 Å². The molecule has 2 aromatic carbocycles. The fourth-order valence-electron chi connectivity index (χ4n) is 3.13. The van der Waals surface area contributed by atoms with Crippen LogP contribution in [0.2, 0.25) is 5.15 Å². The summed E-state index contributed by atoms with van der Waals surface area (Å²) < 4.78 is 72.2. The number of hydrogen-bond donors (Lipinski definition) is 0. The molecule has 30 heavy (non-hydrogen) atoms. The van der Waals surface area contributed by atoms with Crippen LogP contribution in [0.5, 0.6) is 5.75 Å². The second-order valence-electron chi connectivity index (χ2n) is 6.48. The predicted molar refractivity (Wildman–Crippen MR) is 106 cm³/mol. The van der Waals surface area contributed by atoms with Gasteiger partial charge in [0, 0.05) is 5.56 Å². The molecule has 0 fully saturated rings. The van der Waals surface area contributed by atoms with E-state index in [9.17, 15) is 21.6 Å². The lowest BCUT2D eigenvalue weighted by Crippen LogP contribution is -2.38. The van der Waals surface area contributed by atoms with Gasteiger partial charge in [0.1, 0.15) is 17.5 Å². The first kappa shape index (κ1) is 20.5. The van der Waals surface area contributed by atoms with E-state index in [1.165, 1.54) is 0 Å². The number of anilines is 1. The van der Waals surface area contributed by atoms with Crippen LogP contribution in [0.3, 0.4) is 0 Å². The van der Waals surface area contributed by atoms with Crippen LogP contribution in [0.1, 0.15) is 5.56 Å². The Morgan fingerprint density at radius 1 is 1.03 bits per heavy atom. The molecule has 0 spiro atoms. The van der Waals surface area contributed by atoms with Gasteiger partial charge >= 0.3 is 6.18 Å². The molecule has 1 aliphatic heterocycles. The number of pyridine rings is 1. The topological polar surface area (TPSA) is 59.5 Å². The fourth-order valence-corrected chi connectivity index (χ4v) is 4.79. The Morgan fingerprint density at radius 2 is 1.80 bits per heavy atom. The predicted octanol–water partition coefficient (Wildman–Crippen LogP) is 5.01. The van der Waals surface area contributed by atoms with Gasteiger partial charge in [0.15, 0.2) is 0 Å². The minimum absolute atomic E-state index is 0.0436. The highest BCUT2D eigenvalue weighted by atomic mass is 35.5. The number of alkyl halides is 3. The number of aromatic nitrogens is 1. The van der Waals surface area contributed by atoms with Gasteiger partial charge in [-0.15, -0.1) is 0 Å². The van der Waals surface area contributed by atoms with Gasteiger partial charge in [0.25, 0.3) is 10.0 Å². The highest BCUT2D eigenvalue weighted by Crippen LogP contribution is 2.39. The van der Waals surface area contributed by atoms with Crippen LogP contribution in [0, 0.1) is 0 Å². The van der Waals surface area contributed by atoms with Gasteiger partial charge < -0.3 is 4.74 Å². The second-order valence-corrected chi connectivity index (χ2v) is 8.73. The smallest absolute Gasteiger partial charge is 0.416 e. The molecule has 4 rings (SSSR count). The Labute approximate surface area is 175 Å². The van der Waals surface area contributed by atoms with E-state index in [0.29, 0.717) is 23.1 Å². The second kappa shape index (κ2) is 7.48. The molecule has 0 bridgehead atoms. The van der Waals surface area contributed by atoms with E-state index in [2.05, 4.69) is 4.98 Å². The van der Waals surface area contributed by atoms with Crippen LogP contribution in [-0.4, -0.2) is 26.6 Å². The zero-order valence-electron chi connectivity index (χ0n) is 15.2. The molecule has 156 valence electrons. The number of benzene rings is 2. The molecule has 0 saturated carbocycles. The molecule has 5 nitrogen and oxygen atoms in total. The average molecular weight is 455 g/mol. The lowest BCUT2D eigenvalue weighted by Gasteiger charge is -2.31. The number of fused-ring (bicyclic) bond motifs is 1. The molecule has 10 heteroatoms. The molecule has 1 aromatic heterocycles. The minimum Gasteiger partial charge on any atom is -0.489 e. The third-order valence-electron chi connectivity index (χ3n) is 4.54. The third kappa shape index (κ3) is 3.82. The van der Waals surface area contributed by atoms with Gasteiger partial charge in [0.05, 0.1) is 28.4 Å². The molecular formula is C20H14ClF3N2O3S. The van der Waals surface area contributed by atoms with Crippen molar-refractivity contribution in [1.82, 2.24) is 4.98 Å². The van der Waals surface area contributed by atoms with E-state index in [-0.39, 0.29) is 24.0 Å². The molecule has 2 heterocycles. The lowest BCUT2D eigenvalue weighted by molar-refractivity contribution is -0.137. The quantitative estimate of drug-likeness (QED) is 0.522. The maximum absolute atomic E-state index is 13.2. The number of halogens is 4. The molecular weight excluding hydrogens is 441 g/mol. The summed E-state index contributed by atoms with van der Waals surface area (Å²) in [5.41, 5.74) is 0.296. The van der Waals surface area contributed by atoms with E-state index in [1.54, 1.807) is 36.4 Å². The molecule has 0 amide bonds. The molecule has 0 aliphatic carbocycles. The van der Waals surface area contributed by atoms with Gasteiger partial charge in [0.2, 0.25) is 0 Å². The van der Waals surface area contributed by atoms with Crippen molar-refractivity contribution in [3.8, 4) is 17.0 Å².